The van der Waals surface area contributed by atoms with Gasteiger partial charge >= 0.3 is 0 Å². The molecule has 1 fully saturated rings. The Bertz CT molecular complexity index is 697. The standard InChI is InChI=1S/C11H5F2N3S3/c12-3-1-2-4(13)6-5(3)7(15-9(6)14)8-10(17)16-11(18)19-8/h1-2H,(H2,14,15)(H,16,17,18). The van der Waals surface area contributed by atoms with Gasteiger partial charge in [-0.15, -0.1) is 0 Å². The molecule has 1 aromatic carbocycles. The van der Waals surface area contributed by atoms with Gasteiger partial charge in [-0.3, -0.25) is 5.41 Å². The summed E-state index contributed by atoms with van der Waals surface area (Å²) in [5, 5.41) is 13.2. The molecule has 19 heavy (non-hydrogen) atoms. The molecule has 0 spiro atoms. The molecule has 96 valence electrons. The lowest BCUT2D eigenvalue weighted by molar-refractivity contribution is 0.596. The molecule has 8 heteroatoms. The zero-order valence-corrected chi connectivity index (χ0v) is 11.6. The van der Waals surface area contributed by atoms with Crippen LogP contribution >= 0.6 is 36.2 Å². The molecule has 2 aliphatic heterocycles. The van der Waals surface area contributed by atoms with E-state index < -0.39 is 11.6 Å². The summed E-state index contributed by atoms with van der Waals surface area (Å²) in [5.74, 6) is -1.43. The summed E-state index contributed by atoms with van der Waals surface area (Å²) in [6.45, 7) is 0. The number of hydrogen-bond acceptors (Lipinski definition) is 4. The highest BCUT2D eigenvalue weighted by molar-refractivity contribution is 8.27. The van der Waals surface area contributed by atoms with Gasteiger partial charge in [-0.1, -0.05) is 36.2 Å². The van der Waals surface area contributed by atoms with Gasteiger partial charge in [0.1, 0.15) is 26.8 Å². The molecule has 2 aliphatic rings. The molecular formula is C11H5F2N3S3. The van der Waals surface area contributed by atoms with E-state index in [0.717, 1.165) is 23.9 Å². The summed E-state index contributed by atoms with van der Waals surface area (Å²) in [5.41, 5.74) is 0.240. The fourth-order valence-electron chi connectivity index (χ4n) is 1.94. The van der Waals surface area contributed by atoms with E-state index in [1.165, 1.54) is 0 Å². The topological polar surface area (TPSA) is 47.9 Å². The van der Waals surface area contributed by atoms with Crippen LogP contribution in [-0.4, -0.2) is 15.1 Å². The number of thiocarbonyl (C=S) groups is 2. The monoisotopic (exact) mass is 313 g/mol. The number of amidine groups is 1. The Morgan fingerprint density at radius 3 is 2.26 bits per heavy atom. The minimum absolute atomic E-state index is 0.0290. The minimum Gasteiger partial charge on any atom is -0.338 e. The zero-order valence-electron chi connectivity index (χ0n) is 9.14. The Kier molecular flexibility index (Phi) is 2.88. The summed E-state index contributed by atoms with van der Waals surface area (Å²) in [6, 6.07) is 2.03. The number of halogens is 2. The van der Waals surface area contributed by atoms with Crippen molar-refractivity contribution < 1.29 is 8.78 Å². The van der Waals surface area contributed by atoms with Gasteiger partial charge in [0.2, 0.25) is 0 Å². The van der Waals surface area contributed by atoms with E-state index in [0.29, 0.717) is 19.9 Å². The summed E-state index contributed by atoms with van der Waals surface area (Å²) in [7, 11) is 0. The average Bonchev–Trinajstić information content (AvgIpc) is 2.85. The van der Waals surface area contributed by atoms with E-state index in [4.69, 9.17) is 29.8 Å². The van der Waals surface area contributed by atoms with Crippen LogP contribution in [0.2, 0.25) is 0 Å². The van der Waals surface area contributed by atoms with E-state index >= 15 is 0 Å². The van der Waals surface area contributed by atoms with Crippen molar-refractivity contribution in [2.75, 3.05) is 0 Å². The van der Waals surface area contributed by atoms with Gasteiger partial charge in [0.05, 0.1) is 16.2 Å². The normalized spacial score (nSPS) is 21.5. The Labute approximate surface area is 122 Å². The van der Waals surface area contributed by atoms with Crippen molar-refractivity contribution >= 4 is 57.0 Å². The highest BCUT2D eigenvalue weighted by atomic mass is 32.2. The highest BCUT2D eigenvalue weighted by Crippen LogP contribution is 2.37. The lowest BCUT2D eigenvalue weighted by Crippen LogP contribution is -2.19. The number of benzene rings is 1. The molecule has 3 N–H and O–H groups in total. The van der Waals surface area contributed by atoms with E-state index in [1.54, 1.807) is 0 Å². The van der Waals surface area contributed by atoms with E-state index in [1.807, 2.05) is 0 Å². The van der Waals surface area contributed by atoms with Gasteiger partial charge in [-0.05, 0) is 12.1 Å². The lowest BCUT2D eigenvalue weighted by Gasteiger charge is -2.05. The highest BCUT2D eigenvalue weighted by Gasteiger charge is 2.33. The van der Waals surface area contributed by atoms with Crippen molar-refractivity contribution in [2.45, 2.75) is 0 Å². The van der Waals surface area contributed by atoms with Crippen LogP contribution in [-0.2, 0) is 0 Å². The van der Waals surface area contributed by atoms with Gasteiger partial charge in [-0.2, -0.15) is 0 Å². The molecule has 0 amide bonds. The SMILES string of the molecule is N=C1NC(=C2SC(=S)NC2=S)c2c(F)ccc(F)c21. The fourth-order valence-corrected chi connectivity index (χ4v) is 3.49. The maximum atomic E-state index is 13.9. The second-order valence-corrected chi connectivity index (χ2v) is 5.92. The van der Waals surface area contributed by atoms with Gasteiger partial charge < -0.3 is 10.6 Å². The Balaban J connectivity index is 2.29. The maximum Gasteiger partial charge on any atom is 0.143 e. The third kappa shape index (κ3) is 1.87. The van der Waals surface area contributed by atoms with E-state index in [2.05, 4.69) is 10.6 Å². The lowest BCUT2D eigenvalue weighted by atomic mass is 10.1. The van der Waals surface area contributed by atoms with Crippen molar-refractivity contribution in [3.63, 3.8) is 0 Å². The maximum absolute atomic E-state index is 13.9. The van der Waals surface area contributed by atoms with Crippen molar-refractivity contribution in [3.05, 3.63) is 39.8 Å². The van der Waals surface area contributed by atoms with Crippen molar-refractivity contribution in [1.82, 2.24) is 10.6 Å². The van der Waals surface area contributed by atoms with Crippen LogP contribution in [0.1, 0.15) is 11.1 Å². The van der Waals surface area contributed by atoms with Crippen LogP contribution in [0, 0.1) is 17.0 Å². The number of thioether (sulfide) groups is 1. The fraction of sp³-hybridized carbons (Fsp3) is 0. The number of fused-ring (bicyclic) bond motifs is 1. The molecule has 0 aromatic heterocycles. The smallest absolute Gasteiger partial charge is 0.143 e. The molecule has 1 aromatic rings. The average molecular weight is 313 g/mol. The quantitative estimate of drug-likeness (QED) is 0.507. The second-order valence-electron chi connectivity index (χ2n) is 3.83. The molecule has 0 unspecified atom stereocenters. The molecule has 3 rings (SSSR count). The first-order valence-electron chi connectivity index (χ1n) is 5.11. The Hall–Kier alpha value is -1.38. The molecule has 0 bridgehead atoms. The van der Waals surface area contributed by atoms with Crippen LogP contribution in [0.25, 0.3) is 5.70 Å². The van der Waals surface area contributed by atoms with Gasteiger partial charge in [-0.25, -0.2) is 8.78 Å². The predicted octanol–water partition coefficient (Wildman–Crippen LogP) is 2.51. The summed E-state index contributed by atoms with van der Waals surface area (Å²) in [6.07, 6.45) is 0. The predicted molar refractivity (Wildman–Crippen MR) is 79.2 cm³/mol. The molecule has 0 atom stereocenters. The summed E-state index contributed by atoms with van der Waals surface area (Å²) < 4.78 is 28.1. The summed E-state index contributed by atoms with van der Waals surface area (Å²) in [4.78, 5) is 0.856. The van der Waals surface area contributed by atoms with Crippen LogP contribution in [0.5, 0.6) is 0 Å². The summed E-state index contributed by atoms with van der Waals surface area (Å²) >= 11 is 11.2. The van der Waals surface area contributed by atoms with Gasteiger partial charge in [0.15, 0.2) is 0 Å². The number of hydrogen-bond donors (Lipinski definition) is 3. The van der Waals surface area contributed by atoms with Crippen LogP contribution in [0.3, 0.4) is 0 Å². The van der Waals surface area contributed by atoms with Crippen LogP contribution in [0.4, 0.5) is 8.78 Å². The van der Waals surface area contributed by atoms with Gasteiger partial charge in [0, 0.05) is 5.56 Å². The number of rotatable bonds is 0. The van der Waals surface area contributed by atoms with Crippen molar-refractivity contribution in [3.8, 4) is 0 Å². The zero-order chi connectivity index (χ0) is 13.7. The number of nitrogens with one attached hydrogen (secondary N) is 3. The molecule has 0 radical (unpaired) electrons. The molecular weight excluding hydrogens is 308 g/mol. The van der Waals surface area contributed by atoms with Crippen molar-refractivity contribution in [2.24, 2.45) is 0 Å². The largest absolute Gasteiger partial charge is 0.338 e. The van der Waals surface area contributed by atoms with E-state index in [9.17, 15) is 8.78 Å². The molecule has 1 saturated heterocycles. The first kappa shape index (κ1) is 12.6. The minimum atomic E-state index is -0.644. The molecule has 3 nitrogen and oxygen atoms in total. The van der Waals surface area contributed by atoms with E-state index in [-0.39, 0.29) is 17.0 Å². The first-order chi connectivity index (χ1) is 8.99. The van der Waals surface area contributed by atoms with Crippen LogP contribution in [0.15, 0.2) is 17.0 Å². The molecule has 0 aliphatic carbocycles. The van der Waals surface area contributed by atoms with Crippen LogP contribution < -0.4 is 10.6 Å². The first-order valence-corrected chi connectivity index (χ1v) is 6.74. The van der Waals surface area contributed by atoms with Gasteiger partial charge in [0.25, 0.3) is 0 Å². The Morgan fingerprint density at radius 1 is 1.05 bits per heavy atom. The molecule has 0 saturated carbocycles. The third-order valence-corrected chi connectivity index (χ3v) is 4.38. The Morgan fingerprint density at radius 2 is 1.68 bits per heavy atom. The van der Waals surface area contributed by atoms with Crippen molar-refractivity contribution in [1.29, 1.82) is 5.41 Å². The third-order valence-electron chi connectivity index (χ3n) is 2.70. The second kappa shape index (κ2) is 4.32. The molecule has 2 heterocycles.